The third-order valence-electron chi connectivity index (χ3n) is 6.89. The Labute approximate surface area is 112 Å². The summed E-state index contributed by atoms with van der Waals surface area (Å²) in [6.07, 6.45) is 9.17. The summed E-state index contributed by atoms with van der Waals surface area (Å²) in [5.41, 5.74) is 0. The topological polar surface area (TPSA) is 0 Å². The summed E-state index contributed by atoms with van der Waals surface area (Å²) in [7, 11) is 0. The zero-order valence-electron chi connectivity index (χ0n) is 11.9. The van der Waals surface area contributed by atoms with E-state index in [1.807, 2.05) is 0 Å². The summed E-state index contributed by atoms with van der Waals surface area (Å²) in [5, 5.41) is 0. The van der Waals surface area contributed by atoms with Crippen LogP contribution in [-0.4, -0.2) is 61.3 Å². The molecule has 0 saturated carbocycles. The summed E-state index contributed by atoms with van der Waals surface area (Å²) < 4.78 is 3.06. The molecule has 2 heteroatoms. The van der Waals surface area contributed by atoms with Gasteiger partial charge in [0.15, 0.2) is 0 Å². The second-order valence-electron chi connectivity index (χ2n) is 7.90. The van der Waals surface area contributed by atoms with Crippen molar-refractivity contribution in [3.05, 3.63) is 0 Å². The van der Waals surface area contributed by atoms with Crippen LogP contribution in [-0.2, 0) is 0 Å². The molecule has 2 spiro atoms. The van der Waals surface area contributed by atoms with E-state index in [0.717, 1.165) is 11.8 Å². The lowest BCUT2D eigenvalue weighted by molar-refractivity contribution is -0.910. The third kappa shape index (κ3) is 1.84. The molecule has 0 aromatic rings. The minimum absolute atomic E-state index is 1.10. The predicted octanol–water partition coefficient (Wildman–Crippen LogP) is 2.25. The van der Waals surface area contributed by atoms with Crippen LogP contribution >= 0.6 is 0 Å². The van der Waals surface area contributed by atoms with Crippen molar-refractivity contribution in [2.75, 3.05) is 52.4 Å². The molecule has 0 bridgehead atoms. The van der Waals surface area contributed by atoms with Gasteiger partial charge in [-0.1, -0.05) is 0 Å². The maximum Gasteiger partial charge on any atom is 0.0822 e. The van der Waals surface area contributed by atoms with Crippen molar-refractivity contribution in [3.8, 4) is 0 Å². The van der Waals surface area contributed by atoms with E-state index in [0.29, 0.717) is 0 Å². The van der Waals surface area contributed by atoms with Crippen LogP contribution < -0.4 is 0 Å². The molecule has 4 fully saturated rings. The van der Waals surface area contributed by atoms with E-state index in [1.165, 1.54) is 73.9 Å². The number of quaternary nitrogens is 2. The van der Waals surface area contributed by atoms with Crippen molar-refractivity contribution in [1.82, 2.24) is 0 Å². The summed E-state index contributed by atoms with van der Waals surface area (Å²) in [6.45, 7) is 12.2. The summed E-state index contributed by atoms with van der Waals surface area (Å²) in [4.78, 5) is 0. The van der Waals surface area contributed by atoms with Crippen molar-refractivity contribution in [2.45, 2.75) is 38.5 Å². The molecule has 102 valence electrons. The molecular weight excluding hydrogens is 220 g/mol. The summed E-state index contributed by atoms with van der Waals surface area (Å²) >= 11 is 0. The van der Waals surface area contributed by atoms with E-state index in [4.69, 9.17) is 0 Å². The molecule has 18 heavy (non-hydrogen) atoms. The van der Waals surface area contributed by atoms with Gasteiger partial charge in [0.05, 0.1) is 52.4 Å². The molecule has 4 aliphatic heterocycles. The fourth-order valence-electron chi connectivity index (χ4n) is 5.83. The number of hydrogen-bond donors (Lipinski definition) is 0. The molecule has 0 aromatic carbocycles. The molecule has 4 saturated heterocycles. The van der Waals surface area contributed by atoms with Gasteiger partial charge in [-0.2, -0.15) is 0 Å². The van der Waals surface area contributed by atoms with Gasteiger partial charge in [-0.25, -0.2) is 0 Å². The Morgan fingerprint density at radius 3 is 1.28 bits per heavy atom. The predicted molar refractivity (Wildman–Crippen MR) is 74.1 cm³/mol. The lowest BCUT2D eigenvalue weighted by Crippen LogP contribution is -2.45. The van der Waals surface area contributed by atoms with Gasteiger partial charge >= 0.3 is 0 Å². The molecule has 0 N–H and O–H groups in total. The van der Waals surface area contributed by atoms with Crippen molar-refractivity contribution in [1.29, 1.82) is 0 Å². The molecule has 4 heterocycles. The zero-order chi connectivity index (χ0) is 12.1. The van der Waals surface area contributed by atoms with E-state index in [2.05, 4.69) is 0 Å². The molecule has 4 rings (SSSR count). The highest BCUT2D eigenvalue weighted by atomic mass is 15.4. The Kier molecular flexibility index (Phi) is 2.74. The van der Waals surface area contributed by atoms with E-state index < -0.39 is 0 Å². The van der Waals surface area contributed by atoms with Crippen LogP contribution in [0.4, 0.5) is 0 Å². The highest BCUT2D eigenvalue weighted by molar-refractivity contribution is 4.81. The first-order valence-electron chi connectivity index (χ1n) is 8.50. The SMILES string of the molecule is C1CC[N+]2(C1)CCC(C1CC[N+]3(CCCC3)C1)C2. The minimum atomic E-state index is 1.10. The Hall–Kier alpha value is -0.0800. The standard InChI is InChI=1S/C16H30N2/c1-2-8-17(7-1)11-5-15(13-17)16-6-12-18(14-16)9-3-4-10-18/h15-16H,1-14H2/q+2. The first-order chi connectivity index (χ1) is 8.79. The van der Waals surface area contributed by atoms with Gasteiger partial charge in [0.25, 0.3) is 0 Å². The summed E-state index contributed by atoms with van der Waals surface area (Å²) in [5.74, 6) is 2.20. The van der Waals surface area contributed by atoms with Crippen LogP contribution in [0.25, 0.3) is 0 Å². The van der Waals surface area contributed by atoms with Crippen LogP contribution in [0.1, 0.15) is 38.5 Å². The monoisotopic (exact) mass is 250 g/mol. The molecule has 0 radical (unpaired) electrons. The quantitative estimate of drug-likeness (QED) is 0.626. The maximum atomic E-state index is 1.56. The van der Waals surface area contributed by atoms with Crippen LogP contribution in [0.5, 0.6) is 0 Å². The minimum Gasteiger partial charge on any atom is -0.323 e. The normalized spacial score (nSPS) is 41.3. The second-order valence-corrected chi connectivity index (χ2v) is 7.90. The first-order valence-corrected chi connectivity index (χ1v) is 8.50. The van der Waals surface area contributed by atoms with E-state index in [9.17, 15) is 0 Å². The fourth-order valence-corrected chi connectivity index (χ4v) is 5.83. The van der Waals surface area contributed by atoms with Gasteiger partial charge in [0.2, 0.25) is 0 Å². The van der Waals surface area contributed by atoms with E-state index in [-0.39, 0.29) is 0 Å². The number of rotatable bonds is 1. The Balaban J connectivity index is 1.40. The van der Waals surface area contributed by atoms with Crippen LogP contribution in [0, 0.1) is 11.8 Å². The Morgan fingerprint density at radius 2 is 0.889 bits per heavy atom. The van der Waals surface area contributed by atoms with Crippen molar-refractivity contribution < 1.29 is 8.97 Å². The van der Waals surface area contributed by atoms with Crippen LogP contribution in [0.2, 0.25) is 0 Å². The highest BCUT2D eigenvalue weighted by Gasteiger charge is 2.49. The van der Waals surface area contributed by atoms with E-state index >= 15 is 0 Å². The molecule has 0 amide bonds. The zero-order valence-corrected chi connectivity index (χ0v) is 11.9. The van der Waals surface area contributed by atoms with Crippen molar-refractivity contribution in [2.24, 2.45) is 11.8 Å². The van der Waals surface area contributed by atoms with Gasteiger partial charge in [0.1, 0.15) is 0 Å². The van der Waals surface area contributed by atoms with Gasteiger partial charge in [0, 0.05) is 50.4 Å². The van der Waals surface area contributed by atoms with Crippen LogP contribution in [0.15, 0.2) is 0 Å². The highest BCUT2D eigenvalue weighted by Crippen LogP contribution is 2.40. The second kappa shape index (κ2) is 4.21. The maximum absolute atomic E-state index is 1.56. The van der Waals surface area contributed by atoms with Crippen molar-refractivity contribution in [3.63, 3.8) is 0 Å². The molecule has 2 nitrogen and oxygen atoms in total. The summed E-state index contributed by atoms with van der Waals surface area (Å²) in [6, 6.07) is 0. The van der Waals surface area contributed by atoms with Gasteiger partial charge in [-0.3, -0.25) is 0 Å². The average molecular weight is 250 g/mol. The molecule has 0 aromatic heterocycles. The lowest BCUT2D eigenvalue weighted by atomic mass is 9.91. The van der Waals surface area contributed by atoms with Crippen molar-refractivity contribution >= 4 is 0 Å². The van der Waals surface area contributed by atoms with Gasteiger partial charge in [-0.15, -0.1) is 0 Å². The molecule has 2 unspecified atom stereocenters. The third-order valence-corrected chi connectivity index (χ3v) is 6.89. The molecule has 2 atom stereocenters. The number of nitrogens with zero attached hydrogens (tertiary/aromatic N) is 2. The molecule has 0 aliphatic carbocycles. The van der Waals surface area contributed by atoms with Gasteiger partial charge < -0.3 is 8.97 Å². The Morgan fingerprint density at radius 1 is 0.500 bits per heavy atom. The largest absolute Gasteiger partial charge is 0.323 e. The average Bonchev–Trinajstić information content (AvgIpc) is 3.12. The van der Waals surface area contributed by atoms with E-state index in [1.54, 1.807) is 25.9 Å². The van der Waals surface area contributed by atoms with Crippen LogP contribution in [0.3, 0.4) is 0 Å². The fraction of sp³-hybridized carbons (Fsp3) is 1.00. The Bertz CT molecular complexity index is 281. The first kappa shape index (κ1) is 11.7. The van der Waals surface area contributed by atoms with Gasteiger partial charge in [-0.05, 0) is 0 Å². The number of hydrogen-bond acceptors (Lipinski definition) is 0. The molecule has 4 aliphatic rings. The smallest absolute Gasteiger partial charge is 0.0822 e. The lowest BCUT2D eigenvalue weighted by Gasteiger charge is -2.31. The molecular formula is C16H30N2+2.